The molecule has 1 aliphatic heterocycles. The Morgan fingerprint density at radius 1 is 0.926 bits per heavy atom. The third-order valence-corrected chi connectivity index (χ3v) is 7.06. The number of fused-ring (bicyclic) bond motifs is 1. The molecular weight excluding hydrogens is 375 g/mol. The van der Waals surface area contributed by atoms with Crippen molar-refractivity contribution < 1.29 is 21.6 Å². The molecule has 1 heterocycles. The highest BCUT2D eigenvalue weighted by Gasteiger charge is 2.37. The van der Waals surface area contributed by atoms with Crippen LogP contribution in [0.2, 0.25) is 0 Å². The van der Waals surface area contributed by atoms with E-state index in [1.807, 2.05) is 0 Å². The average molecular weight is 406 g/mol. The van der Waals surface area contributed by atoms with Crippen LogP contribution in [0.1, 0.15) is 82.3 Å². The lowest BCUT2D eigenvalue weighted by Gasteiger charge is -2.14. The van der Waals surface area contributed by atoms with Gasteiger partial charge < -0.3 is 0 Å². The molecule has 1 aromatic carbocycles. The molecule has 0 spiro atoms. The lowest BCUT2D eigenvalue weighted by atomic mass is 10.1. The van der Waals surface area contributed by atoms with Gasteiger partial charge in [-0.2, -0.15) is 17.5 Å². The molecule has 0 saturated heterocycles. The molecule has 0 fully saturated rings. The van der Waals surface area contributed by atoms with Crippen LogP contribution >= 0.6 is 0 Å². The molecule has 0 N–H and O–H groups in total. The van der Waals surface area contributed by atoms with Gasteiger partial charge >= 0.3 is 6.18 Å². The van der Waals surface area contributed by atoms with Gasteiger partial charge in [-0.15, -0.1) is 0 Å². The minimum absolute atomic E-state index is 0.0163. The largest absolute Gasteiger partial charge is 0.416 e. The predicted octanol–water partition coefficient (Wildman–Crippen LogP) is 6.13. The number of nitrogens with zero attached hydrogens (tertiary/aromatic N) is 1. The van der Waals surface area contributed by atoms with Crippen LogP contribution in [0.15, 0.2) is 23.1 Å². The van der Waals surface area contributed by atoms with Gasteiger partial charge in [0.2, 0.25) is 10.0 Å². The van der Waals surface area contributed by atoms with Crippen molar-refractivity contribution in [2.24, 2.45) is 0 Å². The van der Waals surface area contributed by atoms with Gasteiger partial charge in [0, 0.05) is 13.1 Å². The summed E-state index contributed by atoms with van der Waals surface area (Å²) in [6, 6.07) is 2.90. The molecule has 0 aliphatic carbocycles. The molecule has 0 bridgehead atoms. The smallest absolute Gasteiger partial charge is 0.207 e. The van der Waals surface area contributed by atoms with Crippen LogP contribution in [0.5, 0.6) is 0 Å². The Kier molecular flexibility index (Phi) is 8.16. The number of hydrogen-bond donors (Lipinski definition) is 0. The molecule has 0 unspecified atom stereocenters. The summed E-state index contributed by atoms with van der Waals surface area (Å²) in [6.45, 7) is 2.61. The van der Waals surface area contributed by atoms with E-state index in [-0.39, 0.29) is 17.0 Å². The first-order chi connectivity index (χ1) is 12.8. The Morgan fingerprint density at radius 2 is 1.48 bits per heavy atom. The van der Waals surface area contributed by atoms with Gasteiger partial charge in [0.15, 0.2) is 0 Å². The number of rotatable bonds is 11. The van der Waals surface area contributed by atoms with Crippen LogP contribution in [0.4, 0.5) is 13.2 Å². The van der Waals surface area contributed by atoms with Crippen molar-refractivity contribution in [1.29, 1.82) is 0 Å². The highest BCUT2D eigenvalue weighted by atomic mass is 32.2. The standard InChI is InChI=1S/C20H30F3NO2S/c1-2-3-4-5-6-7-8-9-10-11-14-24-16-17-15-18(20(21,22)23)12-13-19(17)27(24,25)26/h12-13,15H,2-11,14,16H2,1H3. The third-order valence-electron chi connectivity index (χ3n) is 5.11. The van der Waals surface area contributed by atoms with Crippen LogP contribution < -0.4 is 0 Å². The van der Waals surface area contributed by atoms with Crippen LogP contribution in [-0.2, 0) is 22.7 Å². The van der Waals surface area contributed by atoms with E-state index in [2.05, 4.69) is 6.92 Å². The van der Waals surface area contributed by atoms with Gasteiger partial charge in [-0.25, -0.2) is 8.42 Å². The summed E-state index contributed by atoms with van der Waals surface area (Å²) >= 11 is 0. The maximum Gasteiger partial charge on any atom is 0.416 e. The highest BCUT2D eigenvalue weighted by Crippen LogP contribution is 2.36. The van der Waals surface area contributed by atoms with Crippen LogP contribution in [0.25, 0.3) is 0 Å². The van der Waals surface area contributed by atoms with E-state index in [1.165, 1.54) is 42.8 Å². The third kappa shape index (κ3) is 6.21. The van der Waals surface area contributed by atoms with E-state index in [9.17, 15) is 21.6 Å². The highest BCUT2D eigenvalue weighted by molar-refractivity contribution is 7.89. The molecule has 3 nitrogen and oxygen atoms in total. The summed E-state index contributed by atoms with van der Waals surface area (Å²) in [6.07, 6.45) is 7.11. The zero-order valence-electron chi connectivity index (χ0n) is 16.0. The van der Waals surface area contributed by atoms with Crippen molar-refractivity contribution in [1.82, 2.24) is 4.31 Å². The van der Waals surface area contributed by atoms with Crippen LogP contribution in [0, 0.1) is 0 Å². The second-order valence-corrected chi connectivity index (χ2v) is 9.25. The molecule has 154 valence electrons. The molecule has 27 heavy (non-hydrogen) atoms. The van der Waals surface area contributed by atoms with Crippen molar-refractivity contribution >= 4 is 10.0 Å². The van der Waals surface area contributed by atoms with Gasteiger partial charge in [-0.05, 0) is 30.2 Å². The molecule has 1 aromatic rings. The number of sulfonamides is 1. The number of unbranched alkanes of at least 4 members (excludes halogenated alkanes) is 9. The lowest BCUT2D eigenvalue weighted by Crippen LogP contribution is -2.25. The van der Waals surface area contributed by atoms with Crippen molar-refractivity contribution in [3.63, 3.8) is 0 Å². The van der Waals surface area contributed by atoms with E-state index < -0.39 is 21.8 Å². The van der Waals surface area contributed by atoms with Gasteiger partial charge in [0.25, 0.3) is 0 Å². The number of alkyl halides is 3. The van der Waals surface area contributed by atoms with Crippen molar-refractivity contribution in [2.45, 2.75) is 88.7 Å². The van der Waals surface area contributed by atoms with E-state index in [1.54, 1.807) is 0 Å². The molecular formula is C20H30F3NO2S. The molecule has 0 saturated carbocycles. The average Bonchev–Trinajstić information content (AvgIpc) is 2.86. The SMILES string of the molecule is CCCCCCCCCCCCN1Cc2cc(C(F)(F)F)ccc2S1(=O)=O. The summed E-state index contributed by atoms with van der Waals surface area (Å²) in [4.78, 5) is 0.0163. The quantitative estimate of drug-likeness (QED) is 0.415. The van der Waals surface area contributed by atoms with E-state index in [0.29, 0.717) is 6.54 Å². The summed E-state index contributed by atoms with van der Waals surface area (Å²) in [5, 5.41) is 0. The van der Waals surface area contributed by atoms with Crippen molar-refractivity contribution in [3.8, 4) is 0 Å². The second-order valence-electron chi connectivity index (χ2n) is 7.34. The van der Waals surface area contributed by atoms with Gasteiger partial charge in [-0.1, -0.05) is 64.7 Å². The summed E-state index contributed by atoms with van der Waals surface area (Å²) in [5.41, 5.74) is -0.547. The first-order valence-corrected chi connectivity index (χ1v) is 11.4. The van der Waals surface area contributed by atoms with E-state index in [0.717, 1.165) is 43.9 Å². The van der Waals surface area contributed by atoms with Crippen LogP contribution in [-0.4, -0.2) is 19.3 Å². The van der Waals surface area contributed by atoms with E-state index in [4.69, 9.17) is 0 Å². The topological polar surface area (TPSA) is 37.4 Å². The summed E-state index contributed by atoms with van der Waals surface area (Å²) in [7, 11) is -3.65. The maximum atomic E-state index is 12.8. The monoisotopic (exact) mass is 405 g/mol. The summed E-state index contributed by atoms with van der Waals surface area (Å²) < 4.78 is 64.7. The Hall–Kier alpha value is -1.08. The number of benzene rings is 1. The molecule has 0 atom stereocenters. The van der Waals surface area contributed by atoms with Gasteiger partial charge in [-0.3, -0.25) is 0 Å². The first-order valence-electron chi connectivity index (χ1n) is 9.97. The Balaban J connectivity index is 1.73. The number of halogens is 3. The Labute approximate surface area is 161 Å². The minimum Gasteiger partial charge on any atom is -0.207 e. The van der Waals surface area contributed by atoms with Crippen LogP contribution in [0.3, 0.4) is 0 Å². The van der Waals surface area contributed by atoms with Crippen molar-refractivity contribution in [2.75, 3.05) is 6.54 Å². The van der Waals surface area contributed by atoms with E-state index >= 15 is 0 Å². The normalized spacial score (nSPS) is 16.6. The van der Waals surface area contributed by atoms with Gasteiger partial charge in [0.1, 0.15) is 0 Å². The molecule has 0 aromatic heterocycles. The minimum atomic E-state index is -4.46. The predicted molar refractivity (Wildman–Crippen MR) is 101 cm³/mol. The molecule has 0 radical (unpaired) electrons. The van der Waals surface area contributed by atoms with Gasteiger partial charge in [0.05, 0.1) is 10.5 Å². The Morgan fingerprint density at radius 3 is 2.04 bits per heavy atom. The summed E-state index contributed by atoms with van der Waals surface area (Å²) in [5.74, 6) is 0. The Bertz CT molecular complexity index is 702. The fourth-order valence-electron chi connectivity index (χ4n) is 3.52. The maximum absolute atomic E-state index is 12.8. The zero-order chi connectivity index (χ0) is 19.9. The number of hydrogen-bond acceptors (Lipinski definition) is 2. The fraction of sp³-hybridized carbons (Fsp3) is 0.700. The zero-order valence-corrected chi connectivity index (χ0v) is 16.8. The van der Waals surface area contributed by atoms with Crippen molar-refractivity contribution in [3.05, 3.63) is 29.3 Å². The molecule has 1 aliphatic rings. The fourth-order valence-corrected chi connectivity index (χ4v) is 5.17. The molecule has 0 amide bonds. The second kappa shape index (κ2) is 9.92. The molecule has 7 heteroatoms. The molecule has 2 rings (SSSR count). The first kappa shape index (κ1) is 22.2. The lowest BCUT2D eigenvalue weighted by molar-refractivity contribution is -0.137.